The van der Waals surface area contributed by atoms with Crippen LogP contribution in [0.5, 0.6) is 0 Å². The van der Waals surface area contributed by atoms with Crippen LogP contribution in [-0.4, -0.2) is 115 Å². The molecule has 16 nitrogen and oxygen atoms in total. The Hall–Kier alpha value is -6.20. The highest BCUT2D eigenvalue weighted by Gasteiger charge is 2.41. The number of nitrogens with zero attached hydrogens (tertiary/aromatic N) is 4. The van der Waals surface area contributed by atoms with E-state index in [2.05, 4.69) is 61.9 Å². The molecule has 4 N–H and O–H groups in total. The van der Waals surface area contributed by atoms with Crippen LogP contribution in [0.1, 0.15) is 99.2 Å². The minimum absolute atomic E-state index is 0.0319. The third-order valence-corrected chi connectivity index (χ3v) is 13.3. The fraction of sp³-hybridized carbons (Fsp3) is 0.468. The van der Waals surface area contributed by atoms with Gasteiger partial charge in [-0.25, -0.2) is 19.0 Å². The van der Waals surface area contributed by atoms with E-state index in [4.69, 9.17) is 23.9 Å². The normalized spacial score (nSPS) is 21.8. The second-order valence-corrected chi connectivity index (χ2v) is 17.0. The molecule has 3 aliphatic heterocycles. The van der Waals surface area contributed by atoms with E-state index in [9.17, 15) is 23.6 Å². The maximum Gasteiger partial charge on any atom is 0.407 e. The predicted molar refractivity (Wildman–Crippen MR) is 237 cm³/mol. The predicted octanol–water partition coefficient (Wildman–Crippen LogP) is 7.11. The summed E-state index contributed by atoms with van der Waals surface area (Å²) in [5.74, 6) is -0.137. The third-order valence-electron chi connectivity index (χ3n) is 13.3. The van der Waals surface area contributed by atoms with Crippen molar-refractivity contribution in [2.75, 3.05) is 46.4 Å². The van der Waals surface area contributed by atoms with Gasteiger partial charge in [0, 0.05) is 49.6 Å². The van der Waals surface area contributed by atoms with Crippen molar-refractivity contribution in [2.24, 2.45) is 0 Å². The number of carbonyl (C=O) groups is 4. The molecule has 3 fully saturated rings. The van der Waals surface area contributed by atoms with Crippen molar-refractivity contribution in [3.05, 3.63) is 95.2 Å². The number of ether oxygens (including phenoxy) is 4. The monoisotopic (exact) mass is 880 g/mol. The number of amides is 4. The zero-order valence-corrected chi connectivity index (χ0v) is 37.1. The minimum atomic E-state index is -0.934. The molecule has 64 heavy (non-hydrogen) atoms. The number of H-pyrrole nitrogens is 2. The molecule has 17 heteroatoms. The number of benzene rings is 3. The molecule has 5 heterocycles. The number of aromatic nitrogens is 3. The summed E-state index contributed by atoms with van der Waals surface area (Å²) in [4.78, 5) is 70.2. The molecule has 3 saturated heterocycles. The van der Waals surface area contributed by atoms with Gasteiger partial charge in [-0.3, -0.25) is 9.59 Å². The summed E-state index contributed by atoms with van der Waals surface area (Å²) in [5.41, 5.74) is 6.56. The molecule has 2 unspecified atom stereocenters. The average Bonchev–Trinajstić information content (AvgIpc) is 4.17. The molecule has 0 bridgehead atoms. The van der Waals surface area contributed by atoms with Crippen LogP contribution in [0.3, 0.4) is 0 Å². The van der Waals surface area contributed by atoms with Crippen LogP contribution < -0.4 is 15.5 Å². The molecule has 3 aliphatic rings. The van der Waals surface area contributed by atoms with Crippen molar-refractivity contribution >= 4 is 51.6 Å². The van der Waals surface area contributed by atoms with Crippen molar-refractivity contribution in [3.63, 3.8) is 0 Å². The van der Waals surface area contributed by atoms with Crippen LogP contribution in [0.15, 0.2) is 66.7 Å². The lowest BCUT2D eigenvalue weighted by molar-refractivity contribution is -0.138. The van der Waals surface area contributed by atoms with Crippen molar-refractivity contribution in [3.8, 4) is 0 Å². The lowest BCUT2D eigenvalue weighted by atomic mass is 10.0. The van der Waals surface area contributed by atoms with E-state index in [1.165, 1.54) is 40.6 Å². The molecule has 8 rings (SSSR count). The zero-order chi connectivity index (χ0) is 45.2. The number of anilines is 1. The number of methoxy groups -OCH3 is 4. The summed E-state index contributed by atoms with van der Waals surface area (Å²) in [6.45, 7) is 4.53. The first-order valence-corrected chi connectivity index (χ1v) is 21.9. The van der Waals surface area contributed by atoms with E-state index in [0.29, 0.717) is 25.3 Å². The van der Waals surface area contributed by atoms with E-state index in [1.54, 1.807) is 18.7 Å². The first-order chi connectivity index (χ1) is 30.9. The standard InChI is InChI=1S/C47H57FN8O8/c1-26(61-3)41(52-46(59)63-5)44(57)54-21-7-9-39(54)36-25-30-23-28(11-17-33(30)49-36)37-19-20-38(56(37)32-15-13-31(48)14-16-32)29-12-18-34-35(24-29)51-43(50-34)40-10-8-22-55(40)45(58)42(27(2)62-4)53-47(60)64-6/h11-18,23-27,37-42,49H,7-10,19-22H2,1-6H3,(H,50,51)(H,52,59)(H,53,60)/t26?,27?,37-,38-,39+,40+,41+,42+/m1/s1. The van der Waals surface area contributed by atoms with Gasteiger partial charge in [-0.2, -0.15) is 0 Å². The Morgan fingerprint density at radius 3 is 1.83 bits per heavy atom. The van der Waals surface area contributed by atoms with E-state index >= 15 is 0 Å². The number of halogens is 1. The Morgan fingerprint density at radius 2 is 1.23 bits per heavy atom. The van der Waals surface area contributed by atoms with Crippen molar-refractivity contribution in [1.29, 1.82) is 0 Å². The van der Waals surface area contributed by atoms with Gasteiger partial charge in [0.1, 0.15) is 23.7 Å². The molecule has 0 saturated carbocycles. The molecular formula is C47H57FN8O8. The summed E-state index contributed by atoms with van der Waals surface area (Å²) in [7, 11) is 5.52. The van der Waals surface area contributed by atoms with Gasteiger partial charge < -0.3 is 54.2 Å². The third kappa shape index (κ3) is 8.70. The SMILES string of the molecule is COC(=O)N[C@H](C(=O)N1CCC[C@H]1c1cc2cc([C@H]3CC[C@H](c4ccc5nc([C@@H]6CCCN6C(=O)[C@@H](NC(=O)OC)C(C)OC)[nH]c5c4)N3c3ccc(F)cc3)ccc2[nH]1)C(C)OC. The summed E-state index contributed by atoms with van der Waals surface area (Å²) in [5, 5.41) is 6.32. The van der Waals surface area contributed by atoms with Crippen LogP contribution >= 0.6 is 0 Å². The smallest absolute Gasteiger partial charge is 0.407 e. The molecule has 8 atom stereocenters. The molecule has 0 radical (unpaired) electrons. The van der Waals surface area contributed by atoms with Crippen LogP contribution in [-0.2, 0) is 28.5 Å². The highest BCUT2D eigenvalue weighted by atomic mass is 19.1. The Bertz CT molecular complexity index is 2350. The van der Waals surface area contributed by atoms with Crippen molar-refractivity contribution in [2.45, 2.75) is 101 Å². The van der Waals surface area contributed by atoms with Gasteiger partial charge in [0.15, 0.2) is 0 Å². The Balaban J connectivity index is 1.06. The quantitative estimate of drug-likeness (QED) is 0.0951. The lowest BCUT2D eigenvalue weighted by Gasteiger charge is -2.33. The van der Waals surface area contributed by atoms with Gasteiger partial charge in [0.2, 0.25) is 11.8 Å². The first-order valence-electron chi connectivity index (χ1n) is 21.9. The fourth-order valence-electron chi connectivity index (χ4n) is 9.84. The van der Waals surface area contributed by atoms with E-state index < -0.39 is 36.5 Å². The fourth-order valence-corrected chi connectivity index (χ4v) is 9.84. The topological polar surface area (TPSA) is 183 Å². The second-order valence-electron chi connectivity index (χ2n) is 17.0. The van der Waals surface area contributed by atoms with Crippen molar-refractivity contribution < 1.29 is 42.5 Å². The second kappa shape index (κ2) is 18.9. The van der Waals surface area contributed by atoms with Gasteiger partial charge in [-0.15, -0.1) is 0 Å². The van der Waals surface area contributed by atoms with E-state index in [-0.39, 0.29) is 41.8 Å². The van der Waals surface area contributed by atoms with E-state index in [1.807, 2.05) is 23.1 Å². The first kappa shape index (κ1) is 44.4. The lowest BCUT2D eigenvalue weighted by Crippen LogP contribution is -2.54. The number of aromatic amines is 2. The molecule has 0 aliphatic carbocycles. The van der Waals surface area contributed by atoms with Gasteiger partial charge in [0.05, 0.1) is 61.6 Å². The van der Waals surface area contributed by atoms with Gasteiger partial charge in [-0.1, -0.05) is 12.1 Å². The van der Waals surface area contributed by atoms with Gasteiger partial charge in [-0.05, 0) is 118 Å². The molecular weight excluding hydrogens is 824 g/mol. The van der Waals surface area contributed by atoms with E-state index in [0.717, 1.165) is 76.5 Å². The molecule has 340 valence electrons. The van der Waals surface area contributed by atoms with Crippen molar-refractivity contribution in [1.82, 2.24) is 35.4 Å². The number of carbonyl (C=O) groups excluding carboxylic acids is 4. The molecule has 0 spiro atoms. The zero-order valence-electron chi connectivity index (χ0n) is 37.1. The number of nitrogens with one attached hydrogen (secondary N) is 4. The Labute approximate surface area is 371 Å². The molecule has 3 aromatic carbocycles. The summed E-state index contributed by atoms with van der Waals surface area (Å²) >= 11 is 0. The highest BCUT2D eigenvalue weighted by Crippen LogP contribution is 2.48. The molecule has 5 aromatic rings. The van der Waals surface area contributed by atoms with Gasteiger partial charge >= 0.3 is 12.2 Å². The Kier molecular flexibility index (Phi) is 13.1. The molecule has 4 amide bonds. The van der Waals surface area contributed by atoms with Crippen LogP contribution in [0.25, 0.3) is 21.9 Å². The maximum absolute atomic E-state index is 14.4. The van der Waals surface area contributed by atoms with Crippen LogP contribution in [0.4, 0.5) is 19.7 Å². The summed E-state index contributed by atoms with van der Waals surface area (Å²) < 4.78 is 34.9. The average molecular weight is 881 g/mol. The minimum Gasteiger partial charge on any atom is -0.453 e. The summed E-state index contributed by atoms with van der Waals surface area (Å²) in [6, 6.07) is 19.0. The van der Waals surface area contributed by atoms with Crippen LogP contribution in [0, 0.1) is 5.82 Å². The number of alkyl carbamates (subject to hydrolysis) is 2. The highest BCUT2D eigenvalue weighted by molar-refractivity contribution is 5.88. The summed E-state index contributed by atoms with van der Waals surface area (Å²) in [6.07, 6.45) is 2.18. The van der Waals surface area contributed by atoms with Gasteiger partial charge in [0.25, 0.3) is 0 Å². The maximum atomic E-state index is 14.4. The number of likely N-dealkylation sites (tertiary alicyclic amines) is 2. The number of rotatable bonds is 13. The van der Waals surface area contributed by atoms with Crippen LogP contribution in [0.2, 0.25) is 0 Å². The Morgan fingerprint density at radius 1 is 0.672 bits per heavy atom. The number of imidazole rings is 1. The number of hydrogen-bond donors (Lipinski definition) is 4. The number of fused-ring (bicyclic) bond motifs is 2. The number of hydrogen-bond acceptors (Lipinski definition) is 10. The molecule has 2 aromatic heterocycles. The largest absolute Gasteiger partial charge is 0.453 e.